The highest BCUT2D eigenvalue weighted by molar-refractivity contribution is 6.30. The molecule has 2 N–H and O–H groups in total. The molecule has 1 heterocycles. The van der Waals surface area contributed by atoms with Crippen molar-refractivity contribution in [2.75, 3.05) is 23.3 Å². The van der Waals surface area contributed by atoms with Crippen LogP contribution in [-0.4, -0.2) is 24.9 Å². The number of carbonyl (C=O) groups excluding carboxylic acids is 2. The minimum absolute atomic E-state index is 0.0616. The van der Waals surface area contributed by atoms with E-state index < -0.39 is 0 Å². The molecule has 1 saturated heterocycles. The molecule has 0 aromatic heterocycles. The van der Waals surface area contributed by atoms with Gasteiger partial charge in [-0.25, -0.2) is 0 Å². The highest BCUT2D eigenvalue weighted by Gasteiger charge is 2.21. The molecule has 0 aliphatic carbocycles. The standard InChI is InChI=1S/C22H26ClN3O2/c1-15(2)22(16-5-7-17(23)8-6-16)24-14-20(27)25-18-9-11-19(12-10-18)26-13-3-4-21(26)28/h5-12,15,22,24H,3-4,13-14H2,1-2H3,(H,25,27). The van der Waals surface area contributed by atoms with Crippen molar-refractivity contribution in [2.24, 2.45) is 5.92 Å². The Morgan fingerprint density at radius 1 is 1.11 bits per heavy atom. The predicted octanol–water partition coefficient (Wildman–Crippen LogP) is 4.39. The van der Waals surface area contributed by atoms with Gasteiger partial charge in [-0.05, 0) is 54.3 Å². The molecule has 2 aromatic rings. The topological polar surface area (TPSA) is 61.4 Å². The highest BCUT2D eigenvalue weighted by atomic mass is 35.5. The number of hydrogen-bond donors (Lipinski definition) is 2. The lowest BCUT2D eigenvalue weighted by atomic mass is 9.96. The van der Waals surface area contributed by atoms with Crippen LogP contribution in [0.1, 0.15) is 38.3 Å². The van der Waals surface area contributed by atoms with E-state index in [0.29, 0.717) is 17.4 Å². The fourth-order valence-corrected chi connectivity index (χ4v) is 3.59. The molecule has 28 heavy (non-hydrogen) atoms. The summed E-state index contributed by atoms with van der Waals surface area (Å²) in [6.07, 6.45) is 1.50. The molecule has 2 amide bonds. The van der Waals surface area contributed by atoms with Crippen molar-refractivity contribution >= 4 is 34.8 Å². The van der Waals surface area contributed by atoms with E-state index in [1.807, 2.05) is 48.5 Å². The lowest BCUT2D eigenvalue weighted by molar-refractivity contribution is -0.117. The number of anilines is 2. The minimum Gasteiger partial charge on any atom is -0.325 e. The fourth-order valence-electron chi connectivity index (χ4n) is 3.46. The monoisotopic (exact) mass is 399 g/mol. The second-order valence-electron chi connectivity index (χ2n) is 7.40. The zero-order chi connectivity index (χ0) is 20.1. The molecule has 2 aromatic carbocycles. The molecule has 0 bridgehead atoms. The summed E-state index contributed by atoms with van der Waals surface area (Å²) in [6, 6.07) is 15.2. The van der Waals surface area contributed by atoms with Crippen LogP contribution in [0.2, 0.25) is 5.02 Å². The third-order valence-electron chi connectivity index (χ3n) is 4.91. The van der Waals surface area contributed by atoms with Gasteiger partial charge in [-0.3, -0.25) is 9.59 Å². The van der Waals surface area contributed by atoms with Crippen LogP contribution in [0, 0.1) is 5.92 Å². The average Bonchev–Trinajstić information content (AvgIpc) is 3.09. The summed E-state index contributed by atoms with van der Waals surface area (Å²) < 4.78 is 0. The number of carbonyl (C=O) groups is 2. The second kappa shape index (κ2) is 9.22. The van der Waals surface area contributed by atoms with Gasteiger partial charge in [0.25, 0.3) is 0 Å². The Balaban J connectivity index is 1.55. The molecule has 1 fully saturated rings. The molecule has 1 aliphatic heterocycles. The lowest BCUT2D eigenvalue weighted by Crippen LogP contribution is -2.33. The Hall–Kier alpha value is -2.37. The van der Waals surface area contributed by atoms with Crippen LogP contribution < -0.4 is 15.5 Å². The van der Waals surface area contributed by atoms with Crippen LogP contribution in [0.5, 0.6) is 0 Å². The maximum absolute atomic E-state index is 12.4. The van der Waals surface area contributed by atoms with Crippen LogP contribution in [0.25, 0.3) is 0 Å². The van der Waals surface area contributed by atoms with E-state index >= 15 is 0 Å². The SMILES string of the molecule is CC(C)C(NCC(=O)Nc1ccc(N2CCCC2=O)cc1)c1ccc(Cl)cc1. The Labute approximate surface area is 171 Å². The first-order valence-electron chi connectivity index (χ1n) is 9.63. The first-order chi connectivity index (χ1) is 13.4. The van der Waals surface area contributed by atoms with Gasteiger partial charge in [-0.2, -0.15) is 0 Å². The Bertz CT molecular complexity index is 819. The molecule has 0 radical (unpaired) electrons. The van der Waals surface area contributed by atoms with E-state index in [1.165, 1.54) is 0 Å². The molecular weight excluding hydrogens is 374 g/mol. The lowest BCUT2D eigenvalue weighted by Gasteiger charge is -2.23. The largest absolute Gasteiger partial charge is 0.325 e. The summed E-state index contributed by atoms with van der Waals surface area (Å²) in [5.41, 5.74) is 2.70. The Morgan fingerprint density at radius 2 is 1.79 bits per heavy atom. The van der Waals surface area contributed by atoms with Crippen molar-refractivity contribution in [1.29, 1.82) is 0 Å². The van der Waals surface area contributed by atoms with Gasteiger partial charge < -0.3 is 15.5 Å². The number of amides is 2. The van der Waals surface area contributed by atoms with Crippen LogP contribution in [-0.2, 0) is 9.59 Å². The maximum Gasteiger partial charge on any atom is 0.238 e. The van der Waals surface area contributed by atoms with Crippen LogP contribution in [0.15, 0.2) is 48.5 Å². The summed E-state index contributed by atoms with van der Waals surface area (Å²) in [5.74, 6) is 0.374. The van der Waals surface area contributed by atoms with E-state index in [9.17, 15) is 9.59 Å². The summed E-state index contributed by atoms with van der Waals surface area (Å²) >= 11 is 5.97. The van der Waals surface area contributed by atoms with Crippen molar-refractivity contribution in [1.82, 2.24) is 5.32 Å². The number of halogens is 1. The molecule has 1 unspecified atom stereocenters. The number of benzene rings is 2. The molecule has 148 valence electrons. The average molecular weight is 400 g/mol. The molecule has 1 aliphatic rings. The summed E-state index contributed by atoms with van der Waals surface area (Å²) in [6.45, 7) is 5.19. The number of rotatable bonds is 7. The van der Waals surface area contributed by atoms with Crippen LogP contribution in [0.4, 0.5) is 11.4 Å². The molecular formula is C22H26ClN3O2. The van der Waals surface area contributed by atoms with Crippen molar-refractivity contribution < 1.29 is 9.59 Å². The third-order valence-corrected chi connectivity index (χ3v) is 5.17. The van der Waals surface area contributed by atoms with Crippen LogP contribution >= 0.6 is 11.6 Å². The molecule has 0 spiro atoms. The molecule has 3 rings (SSSR count). The van der Waals surface area contributed by atoms with E-state index in [-0.39, 0.29) is 24.4 Å². The number of nitrogens with one attached hydrogen (secondary N) is 2. The Morgan fingerprint density at radius 3 is 2.36 bits per heavy atom. The van der Waals surface area contributed by atoms with Gasteiger partial charge in [0.2, 0.25) is 11.8 Å². The van der Waals surface area contributed by atoms with E-state index in [4.69, 9.17) is 11.6 Å². The Kier molecular flexibility index (Phi) is 6.70. The number of nitrogens with zero attached hydrogens (tertiary/aromatic N) is 1. The van der Waals surface area contributed by atoms with Gasteiger partial charge in [0.1, 0.15) is 0 Å². The highest BCUT2D eigenvalue weighted by Crippen LogP contribution is 2.24. The molecule has 6 heteroatoms. The smallest absolute Gasteiger partial charge is 0.238 e. The van der Waals surface area contributed by atoms with Gasteiger partial charge in [0.05, 0.1) is 6.54 Å². The predicted molar refractivity (Wildman–Crippen MR) is 114 cm³/mol. The first kappa shape index (κ1) is 20.4. The second-order valence-corrected chi connectivity index (χ2v) is 7.83. The zero-order valence-electron chi connectivity index (χ0n) is 16.2. The van der Waals surface area contributed by atoms with E-state index in [0.717, 1.165) is 29.9 Å². The van der Waals surface area contributed by atoms with Gasteiger partial charge in [0, 0.05) is 35.4 Å². The summed E-state index contributed by atoms with van der Waals surface area (Å²) in [4.78, 5) is 26.0. The van der Waals surface area contributed by atoms with Gasteiger partial charge in [-0.1, -0.05) is 37.6 Å². The van der Waals surface area contributed by atoms with E-state index in [1.54, 1.807) is 4.90 Å². The normalized spacial score (nSPS) is 15.1. The van der Waals surface area contributed by atoms with Crippen molar-refractivity contribution in [3.63, 3.8) is 0 Å². The minimum atomic E-state index is -0.107. The van der Waals surface area contributed by atoms with E-state index in [2.05, 4.69) is 24.5 Å². The summed E-state index contributed by atoms with van der Waals surface area (Å²) in [5, 5.41) is 6.93. The maximum atomic E-state index is 12.4. The van der Waals surface area contributed by atoms with Gasteiger partial charge in [-0.15, -0.1) is 0 Å². The van der Waals surface area contributed by atoms with Crippen LogP contribution in [0.3, 0.4) is 0 Å². The molecule has 0 saturated carbocycles. The van der Waals surface area contributed by atoms with Gasteiger partial charge >= 0.3 is 0 Å². The third kappa shape index (κ3) is 5.12. The molecule has 5 nitrogen and oxygen atoms in total. The molecule has 1 atom stereocenters. The zero-order valence-corrected chi connectivity index (χ0v) is 17.0. The summed E-state index contributed by atoms with van der Waals surface area (Å²) in [7, 11) is 0. The van der Waals surface area contributed by atoms with Crippen molar-refractivity contribution in [2.45, 2.75) is 32.7 Å². The quantitative estimate of drug-likeness (QED) is 0.725. The number of hydrogen-bond acceptors (Lipinski definition) is 3. The fraction of sp³-hybridized carbons (Fsp3) is 0.364. The van der Waals surface area contributed by atoms with Crippen molar-refractivity contribution in [3.8, 4) is 0 Å². The first-order valence-corrected chi connectivity index (χ1v) is 10.0. The van der Waals surface area contributed by atoms with Gasteiger partial charge in [0.15, 0.2) is 0 Å². The van der Waals surface area contributed by atoms with Crippen molar-refractivity contribution in [3.05, 3.63) is 59.1 Å².